The highest BCUT2D eigenvalue weighted by molar-refractivity contribution is 8.01. The molecule has 0 spiro atoms. The average Bonchev–Trinajstić information content (AvgIpc) is 3.23. The molecule has 0 aliphatic heterocycles. The molecule has 9 heteroatoms. The molecule has 1 fully saturated rings. The van der Waals surface area contributed by atoms with Crippen molar-refractivity contribution in [2.75, 3.05) is 24.7 Å². The lowest BCUT2D eigenvalue weighted by Crippen LogP contribution is -2.45. The summed E-state index contributed by atoms with van der Waals surface area (Å²) in [5.74, 6) is 0.662. The molecule has 2 amide bonds. The van der Waals surface area contributed by atoms with Crippen LogP contribution in [-0.4, -0.2) is 52.4 Å². The zero-order valence-corrected chi connectivity index (χ0v) is 20.2. The number of thiazole rings is 1. The second-order valence-corrected chi connectivity index (χ2v) is 10.5. The molecule has 0 radical (unpaired) electrons. The van der Waals surface area contributed by atoms with E-state index < -0.39 is 5.97 Å². The number of benzene rings is 1. The number of aromatic nitrogens is 1. The molecule has 0 saturated heterocycles. The summed E-state index contributed by atoms with van der Waals surface area (Å²) >= 11 is 2.52. The molecule has 174 valence electrons. The predicted molar refractivity (Wildman–Crippen MR) is 129 cm³/mol. The van der Waals surface area contributed by atoms with E-state index in [2.05, 4.69) is 29.4 Å². The third-order valence-electron chi connectivity index (χ3n) is 5.75. The molecule has 0 unspecified atom stereocenters. The van der Waals surface area contributed by atoms with Gasteiger partial charge in [-0.15, -0.1) is 11.8 Å². The van der Waals surface area contributed by atoms with Crippen molar-refractivity contribution in [1.82, 2.24) is 9.88 Å². The van der Waals surface area contributed by atoms with Crippen LogP contribution in [0.5, 0.6) is 5.75 Å². The number of hydrogen-bond acceptors (Lipinski definition) is 6. The molecular weight excluding hydrogens is 446 g/mol. The van der Waals surface area contributed by atoms with E-state index in [9.17, 15) is 9.59 Å². The van der Waals surface area contributed by atoms with E-state index in [-0.39, 0.29) is 17.8 Å². The summed E-state index contributed by atoms with van der Waals surface area (Å²) in [4.78, 5) is 30.1. The number of rotatable bonds is 10. The van der Waals surface area contributed by atoms with E-state index in [0.29, 0.717) is 17.6 Å². The van der Waals surface area contributed by atoms with Gasteiger partial charge in [0.15, 0.2) is 5.13 Å². The van der Waals surface area contributed by atoms with Crippen LogP contribution in [-0.2, 0) is 11.2 Å². The van der Waals surface area contributed by atoms with E-state index in [1.54, 1.807) is 13.3 Å². The van der Waals surface area contributed by atoms with Crippen LogP contribution in [0, 0.1) is 5.92 Å². The van der Waals surface area contributed by atoms with Crippen LogP contribution in [0.15, 0.2) is 34.7 Å². The van der Waals surface area contributed by atoms with Crippen LogP contribution in [0.2, 0.25) is 0 Å². The number of carboxylic acids is 1. The lowest BCUT2D eigenvalue weighted by molar-refractivity contribution is -0.133. The number of hydrogen-bond donors (Lipinski definition) is 2. The maximum absolute atomic E-state index is 13.2. The van der Waals surface area contributed by atoms with Gasteiger partial charge in [0.2, 0.25) is 0 Å². The largest absolute Gasteiger partial charge is 0.497 e. The molecule has 1 aliphatic rings. The van der Waals surface area contributed by atoms with Crippen LogP contribution >= 0.6 is 23.1 Å². The highest BCUT2D eigenvalue weighted by atomic mass is 32.2. The highest BCUT2D eigenvalue weighted by Gasteiger charge is 2.27. The molecule has 7 nitrogen and oxygen atoms in total. The van der Waals surface area contributed by atoms with E-state index in [4.69, 9.17) is 9.84 Å². The number of nitrogens with one attached hydrogen (secondary N) is 1. The summed E-state index contributed by atoms with van der Waals surface area (Å²) in [6.07, 6.45) is 7.71. The van der Waals surface area contributed by atoms with Crippen molar-refractivity contribution in [2.45, 2.75) is 55.7 Å². The van der Waals surface area contributed by atoms with Crippen LogP contribution in [0.25, 0.3) is 0 Å². The van der Waals surface area contributed by atoms with Crippen molar-refractivity contribution >= 4 is 40.2 Å². The Bertz CT molecular complexity index is 880. The van der Waals surface area contributed by atoms with Gasteiger partial charge in [-0.05, 0) is 62.1 Å². The van der Waals surface area contributed by atoms with Gasteiger partial charge in [0.1, 0.15) is 5.75 Å². The molecule has 2 N–H and O–H groups in total. The van der Waals surface area contributed by atoms with Crippen molar-refractivity contribution in [1.29, 1.82) is 0 Å². The maximum Gasteiger partial charge on any atom is 0.323 e. The molecule has 0 atom stereocenters. The Hall–Kier alpha value is -2.26. The lowest BCUT2D eigenvalue weighted by atomic mass is 9.86. The van der Waals surface area contributed by atoms with Gasteiger partial charge in [0, 0.05) is 12.6 Å². The number of carbonyl (C=O) groups excluding carboxylic acids is 1. The summed E-state index contributed by atoms with van der Waals surface area (Å²) < 4.78 is 6.00. The Kier molecular flexibility index (Phi) is 9.23. The van der Waals surface area contributed by atoms with Gasteiger partial charge in [-0.25, -0.2) is 9.78 Å². The minimum atomic E-state index is -0.872. The number of carbonyl (C=O) groups is 2. The molecule has 1 heterocycles. The Morgan fingerprint density at radius 1 is 1.25 bits per heavy atom. The highest BCUT2D eigenvalue weighted by Crippen LogP contribution is 2.30. The van der Waals surface area contributed by atoms with Gasteiger partial charge in [-0.2, -0.15) is 0 Å². The standard InChI is InChI=1S/C23H31N3O4S2/c1-16-5-9-18(10-6-16)26(13-3-4-17-7-11-19(30-2)12-8-17)23(29)25-22-24-14-21(32-22)31-15-20(27)28/h7-8,11-12,14,16,18H,3-6,9-10,13,15H2,1-2H3,(H,27,28)(H,24,25,29). The Balaban J connectivity index is 1.59. The SMILES string of the molecule is COc1ccc(CCCN(C(=O)Nc2ncc(SCC(=O)O)s2)C2CCC(C)CC2)cc1. The van der Waals surface area contributed by atoms with Gasteiger partial charge < -0.3 is 14.7 Å². The van der Waals surface area contributed by atoms with Gasteiger partial charge in [-0.3, -0.25) is 10.1 Å². The minimum absolute atomic E-state index is 0.0205. The smallest absolute Gasteiger partial charge is 0.323 e. The molecular formula is C23H31N3O4S2. The average molecular weight is 478 g/mol. The maximum atomic E-state index is 13.2. The number of nitrogens with zero attached hydrogens (tertiary/aromatic N) is 2. The molecule has 32 heavy (non-hydrogen) atoms. The van der Waals surface area contributed by atoms with Gasteiger partial charge in [0.05, 0.1) is 23.3 Å². The first-order valence-corrected chi connectivity index (χ1v) is 12.8. The second kappa shape index (κ2) is 12.1. The van der Waals surface area contributed by atoms with Crippen molar-refractivity contribution in [2.24, 2.45) is 5.92 Å². The predicted octanol–water partition coefficient (Wildman–Crippen LogP) is 5.37. The number of amides is 2. The summed E-state index contributed by atoms with van der Waals surface area (Å²) in [5.41, 5.74) is 1.23. The topological polar surface area (TPSA) is 91.8 Å². The third-order valence-corrected chi connectivity index (χ3v) is 7.84. The number of thioether (sulfide) groups is 1. The van der Waals surface area contributed by atoms with E-state index in [1.807, 2.05) is 17.0 Å². The lowest BCUT2D eigenvalue weighted by Gasteiger charge is -2.36. The zero-order chi connectivity index (χ0) is 22.9. The fraction of sp³-hybridized carbons (Fsp3) is 0.522. The number of anilines is 1. The Morgan fingerprint density at radius 2 is 1.97 bits per heavy atom. The van der Waals surface area contributed by atoms with Gasteiger partial charge >= 0.3 is 12.0 Å². The number of carboxylic acid groups (broad SMARTS) is 1. The zero-order valence-electron chi connectivity index (χ0n) is 18.6. The van der Waals surface area contributed by atoms with Gasteiger partial charge in [-0.1, -0.05) is 30.4 Å². The summed E-state index contributed by atoms with van der Waals surface area (Å²) in [6, 6.07) is 8.18. The molecule has 1 aliphatic carbocycles. The molecule has 1 aromatic heterocycles. The first-order valence-electron chi connectivity index (χ1n) is 11.0. The van der Waals surface area contributed by atoms with E-state index in [0.717, 1.165) is 48.5 Å². The summed E-state index contributed by atoms with van der Waals surface area (Å²) in [6.45, 7) is 2.96. The number of urea groups is 1. The molecule has 2 aromatic rings. The van der Waals surface area contributed by atoms with Crippen LogP contribution in [0.3, 0.4) is 0 Å². The van der Waals surface area contributed by atoms with Crippen molar-refractivity contribution in [3.05, 3.63) is 36.0 Å². The summed E-state index contributed by atoms with van der Waals surface area (Å²) in [5, 5.41) is 12.3. The first-order chi connectivity index (χ1) is 15.4. The van der Waals surface area contributed by atoms with Crippen LogP contribution < -0.4 is 10.1 Å². The fourth-order valence-corrected chi connectivity index (χ4v) is 5.51. The second-order valence-electron chi connectivity index (χ2n) is 8.16. The molecule has 3 rings (SSSR count). The monoisotopic (exact) mass is 477 g/mol. The number of aliphatic carboxylic acids is 1. The fourth-order valence-electron chi connectivity index (χ4n) is 3.93. The third kappa shape index (κ3) is 7.41. The molecule has 1 aromatic carbocycles. The Morgan fingerprint density at radius 3 is 2.62 bits per heavy atom. The number of methoxy groups -OCH3 is 1. The molecule has 1 saturated carbocycles. The Labute approximate surface area is 197 Å². The van der Waals surface area contributed by atoms with Crippen molar-refractivity contribution < 1.29 is 19.4 Å². The van der Waals surface area contributed by atoms with Crippen molar-refractivity contribution in [3.63, 3.8) is 0 Å². The summed E-state index contributed by atoms with van der Waals surface area (Å²) in [7, 11) is 1.66. The first kappa shape index (κ1) is 24.4. The number of ether oxygens (including phenoxy) is 1. The van der Waals surface area contributed by atoms with Crippen LogP contribution in [0.1, 0.15) is 44.6 Å². The number of aryl methyl sites for hydroxylation is 1. The minimum Gasteiger partial charge on any atom is -0.497 e. The van der Waals surface area contributed by atoms with Crippen molar-refractivity contribution in [3.8, 4) is 5.75 Å². The van der Waals surface area contributed by atoms with E-state index in [1.165, 1.54) is 28.7 Å². The molecule has 0 bridgehead atoms. The van der Waals surface area contributed by atoms with Crippen LogP contribution in [0.4, 0.5) is 9.93 Å². The van der Waals surface area contributed by atoms with E-state index >= 15 is 0 Å². The normalized spacial score (nSPS) is 18.2. The van der Waals surface area contributed by atoms with Gasteiger partial charge in [0.25, 0.3) is 0 Å². The quantitative estimate of drug-likeness (QED) is 0.447.